The Morgan fingerprint density at radius 1 is 1.11 bits per heavy atom. The van der Waals surface area contributed by atoms with Crippen LogP contribution >= 0.6 is 27.3 Å². The summed E-state index contributed by atoms with van der Waals surface area (Å²) in [5.74, 6) is 0.116. The number of nitro benzene ring substituents is 1. The molecule has 36 heavy (non-hydrogen) atoms. The highest BCUT2D eigenvalue weighted by molar-refractivity contribution is 9.10. The number of halogens is 1. The van der Waals surface area contributed by atoms with Crippen molar-refractivity contribution in [1.29, 1.82) is 0 Å². The van der Waals surface area contributed by atoms with Crippen LogP contribution in [-0.2, 0) is 6.42 Å². The minimum absolute atomic E-state index is 0.0149. The van der Waals surface area contributed by atoms with Gasteiger partial charge in [-0.05, 0) is 69.2 Å². The van der Waals surface area contributed by atoms with Gasteiger partial charge >= 0.3 is 0 Å². The van der Waals surface area contributed by atoms with Crippen LogP contribution in [0.15, 0.2) is 86.6 Å². The maximum absolute atomic E-state index is 13.8. The second-order valence-electron chi connectivity index (χ2n) is 8.68. The molecule has 4 aromatic rings. The van der Waals surface area contributed by atoms with Gasteiger partial charge in [0.05, 0.1) is 25.7 Å². The third-order valence-corrected chi connectivity index (χ3v) is 8.16. The SMILES string of the molecule is O=c1/c(=C/c2ccc(O)c(Br)c2)sc2n1[C@@H](c1cccc([N+](=O)[O-])c1)C1=C(N=2)c2ccccc2CC1. The molecule has 0 amide bonds. The second kappa shape index (κ2) is 8.69. The maximum atomic E-state index is 13.8. The van der Waals surface area contributed by atoms with Crippen molar-refractivity contribution in [2.45, 2.75) is 18.9 Å². The zero-order valence-corrected chi connectivity index (χ0v) is 21.1. The number of non-ortho nitro benzene ring substituents is 1. The molecule has 0 unspecified atom stereocenters. The van der Waals surface area contributed by atoms with E-state index in [0.29, 0.717) is 25.8 Å². The molecule has 1 aliphatic carbocycles. The van der Waals surface area contributed by atoms with Crippen LogP contribution in [0.3, 0.4) is 0 Å². The van der Waals surface area contributed by atoms with Gasteiger partial charge in [-0.3, -0.25) is 19.5 Å². The largest absolute Gasteiger partial charge is 0.507 e. The van der Waals surface area contributed by atoms with Gasteiger partial charge in [-0.15, -0.1) is 0 Å². The van der Waals surface area contributed by atoms with Gasteiger partial charge in [0.2, 0.25) is 0 Å². The van der Waals surface area contributed by atoms with Crippen LogP contribution in [0.4, 0.5) is 5.69 Å². The molecule has 2 aliphatic rings. The number of aromatic nitrogens is 1. The molecule has 0 spiro atoms. The predicted octanol–water partition coefficient (Wildman–Crippen LogP) is 4.70. The lowest BCUT2D eigenvalue weighted by atomic mass is 9.83. The summed E-state index contributed by atoms with van der Waals surface area (Å²) in [4.78, 5) is 30.4. The molecule has 1 aliphatic heterocycles. The number of rotatable bonds is 3. The molecule has 9 heteroatoms. The van der Waals surface area contributed by atoms with Gasteiger partial charge in [-0.25, -0.2) is 4.99 Å². The molecule has 178 valence electrons. The highest BCUT2D eigenvalue weighted by Gasteiger charge is 2.33. The first-order valence-electron chi connectivity index (χ1n) is 11.3. The summed E-state index contributed by atoms with van der Waals surface area (Å²) in [7, 11) is 0. The number of hydrogen-bond acceptors (Lipinski definition) is 6. The van der Waals surface area contributed by atoms with Gasteiger partial charge in [0.15, 0.2) is 4.80 Å². The van der Waals surface area contributed by atoms with E-state index < -0.39 is 11.0 Å². The van der Waals surface area contributed by atoms with E-state index in [0.717, 1.165) is 28.8 Å². The van der Waals surface area contributed by atoms with Crippen LogP contribution in [0.2, 0.25) is 0 Å². The lowest BCUT2D eigenvalue weighted by Gasteiger charge is -2.30. The number of phenols is 1. The molecule has 0 saturated heterocycles. The van der Waals surface area contributed by atoms with E-state index in [9.17, 15) is 20.0 Å². The number of hydrogen-bond donors (Lipinski definition) is 1. The molecule has 1 aromatic heterocycles. The summed E-state index contributed by atoms with van der Waals surface area (Å²) in [5.41, 5.74) is 5.29. The number of nitrogens with zero attached hydrogens (tertiary/aromatic N) is 3. The fraction of sp³-hybridized carbons (Fsp3) is 0.111. The quantitative estimate of drug-likeness (QED) is 0.290. The highest BCUT2D eigenvalue weighted by atomic mass is 79.9. The Morgan fingerprint density at radius 2 is 1.94 bits per heavy atom. The Balaban J connectivity index is 1.62. The molecule has 7 nitrogen and oxygen atoms in total. The van der Waals surface area contributed by atoms with Gasteiger partial charge in [0.1, 0.15) is 5.75 Å². The lowest BCUT2D eigenvalue weighted by molar-refractivity contribution is -0.384. The minimum Gasteiger partial charge on any atom is -0.507 e. The van der Waals surface area contributed by atoms with Crippen LogP contribution in [0.25, 0.3) is 11.8 Å². The summed E-state index contributed by atoms with van der Waals surface area (Å²) in [6.45, 7) is 0. The Kier molecular flexibility index (Phi) is 5.46. The Labute approximate surface area is 217 Å². The van der Waals surface area contributed by atoms with Crippen molar-refractivity contribution in [3.63, 3.8) is 0 Å². The number of aromatic hydroxyl groups is 1. The summed E-state index contributed by atoms with van der Waals surface area (Å²) < 4.78 is 2.69. The standard InChI is InChI=1S/C27H18BrN3O4S/c28-21-12-15(8-11-22(21)32)13-23-26(33)30-25(17-5-3-6-18(14-17)31(34)35)20-10-9-16-4-1-2-7-19(16)24(20)29-27(30)36-23/h1-8,11-14,25,32H,9-10H2/b23-13-/t25-/m0/s1. The van der Waals surface area contributed by atoms with Crippen molar-refractivity contribution >= 4 is 44.7 Å². The predicted molar refractivity (Wildman–Crippen MR) is 142 cm³/mol. The van der Waals surface area contributed by atoms with E-state index >= 15 is 0 Å². The zero-order chi connectivity index (χ0) is 25.0. The highest BCUT2D eigenvalue weighted by Crippen LogP contribution is 2.41. The smallest absolute Gasteiger partial charge is 0.271 e. The Hall–Kier alpha value is -3.82. The van der Waals surface area contributed by atoms with Gasteiger partial charge in [0.25, 0.3) is 11.2 Å². The normalized spacial score (nSPS) is 16.7. The molecule has 3 aromatic carbocycles. The van der Waals surface area contributed by atoms with E-state index in [1.807, 2.05) is 24.3 Å². The minimum atomic E-state index is -0.488. The van der Waals surface area contributed by atoms with Gasteiger partial charge in [-0.2, -0.15) is 0 Å². The molecular weight excluding hydrogens is 542 g/mol. The molecule has 0 saturated carbocycles. The number of phenolic OH excluding ortho intramolecular Hbond substituents is 1. The molecule has 2 heterocycles. The Morgan fingerprint density at radius 3 is 2.75 bits per heavy atom. The summed E-state index contributed by atoms with van der Waals surface area (Å²) >= 11 is 4.61. The average molecular weight is 560 g/mol. The average Bonchev–Trinajstić information content (AvgIpc) is 3.19. The first-order chi connectivity index (χ1) is 17.4. The van der Waals surface area contributed by atoms with Crippen molar-refractivity contribution in [2.24, 2.45) is 4.99 Å². The van der Waals surface area contributed by atoms with Crippen LogP contribution in [-0.4, -0.2) is 14.6 Å². The van der Waals surface area contributed by atoms with Gasteiger partial charge in [-0.1, -0.05) is 53.8 Å². The first-order valence-corrected chi connectivity index (χ1v) is 12.9. The van der Waals surface area contributed by atoms with Crippen molar-refractivity contribution in [2.75, 3.05) is 0 Å². The third kappa shape index (κ3) is 3.71. The van der Waals surface area contributed by atoms with Crippen molar-refractivity contribution in [1.82, 2.24) is 4.57 Å². The molecule has 1 N–H and O–H groups in total. The summed E-state index contributed by atoms with van der Waals surface area (Å²) in [5, 5.41) is 21.4. The lowest BCUT2D eigenvalue weighted by Crippen LogP contribution is -2.38. The fourth-order valence-corrected chi connectivity index (χ4v) is 6.29. The molecule has 6 rings (SSSR count). The molecule has 0 bridgehead atoms. The second-order valence-corrected chi connectivity index (χ2v) is 10.5. The zero-order valence-electron chi connectivity index (χ0n) is 18.7. The van der Waals surface area contributed by atoms with E-state index in [4.69, 9.17) is 4.99 Å². The van der Waals surface area contributed by atoms with E-state index in [1.165, 1.54) is 23.0 Å². The molecule has 1 atom stereocenters. The molecule has 0 radical (unpaired) electrons. The number of nitro groups is 1. The molecule has 0 fully saturated rings. The monoisotopic (exact) mass is 559 g/mol. The topological polar surface area (TPSA) is 97.7 Å². The number of allylic oxidation sites excluding steroid dienone is 1. The number of aryl methyl sites for hydroxylation is 1. The Bertz CT molecular complexity index is 1790. The van der Waals surface area contributed by atoms with Gasteiger partial charge < -0.3 is 5.11 Å². The number of benzene rings is 3. The van der Waals surface area contributed by atoms with Crippen LogP contribution in [0, 0.1) is 10.1 Å². The maximum Gasteiger partial charge on any atom is 0.271 e. The van der Waals surface area contributed by atoms with Crippen molar-refractivity contribution in [3.05, 3.63) is 129 Å². The number of thiazole rings is 1. The summed E-state index contributed by atoms with van der Waals surface area (Å²) in [6.07, 6.45) is 3.29. The van der Waals surface area contributed by atoms with Crippen molar-refractivity contribution in [3.8, 4) is 5.75 Å². The summed E-state index contributed by atoms with van der Waals surface area (Å²) in [6, 6.07) is 19.2. The van der Waals surface area contributed by atoms with Crippen LogP contribution < -0.4 is 14.9 Å². The van der Waals surface area contributed by atoms with E-state index in [1.54, 1.807) is 41.0 Å². The van der Waals surface area contributed by atoms with Crippen molar-refractivity contribution < 1.29 is 10.0 Å². The van der Waals surface area contributed by atoms with Crippen LogP contribution in [0.5, 0.6) is 5.75 Å². The van der Waals surface area contributed by atoms with E-state index in [-0.39, 0.29) is 17.0 Å². The van der Waals surface area contributed by atoms with Crippen LogP contribution in [0.1, 0.15) is 34.7 Å². The van der Waals surface area contributed by atoms with Gasteiger partial charge in [0, 0.05) is 17.7 Å². The first kappa shape index (κ1) is 22.6. The third-order valence-electron chi connectivity index (χ3n) is 6.54. The van der Waals surface area contributed by atoms with E-state index in [2.05, 4.69) is 22.0 Å². The molecular formula is C27H18BrN3O4S. The fourth-order valence-electron chi connectivity index (χ4n) is 4.90. The number of fused-ring (bicyclic) bond motifs is 3.